The molecule has 2 rings (SSSR count). The predicted molar refractivity (Wildman–Crippen MR) is 74.3 cm³/mol. The third kappa shape index (κ3) is 2.80. The van der Waals surface area contributed by atoms with Gasteiger partial charge in [-0.3, -0.25) is 4.79 Å². The van der Waals surface area contributed by atoms with E-state index in [1.54, 1.807) is 0 Å². The first-order valence-corrected chi connectivity index (χ1v) is 6.51. The molecule has 1 aromatic carbocycles. The molecule has 92 valence electrons. The third-order valence-electron chi connectivity index (χ3n) is 3.02. The summed E-state index contributed by atoms with van der Waals surface area (Å²) in [5, 5.41) is 6.39. The first-order valence-electron chi connectivity index (χ1n) is 5.72. The maximum Gasteiger partial charge on any atom is 0.226 e. The van der Waals surface area contributed by atoms with Gasteiger partial charge in [-0.2, -0.15) is 0 Å². The van der Waals surface area contributed by atoms with Crippen molar-refractivity contribution >= 4 is 33.2 Å². The zero-order valence-electron chi connectivity index (χ0n) is 10.3. The van der Waals surface area contributed by atoms with Crippen molar-refractivity contribution < 1.29 is 4.79 Å². The Balaban J connectivity index is 2.38. The molecule has 1 aromatic rings. The molecule has 17 heavy (non-hydrogen) atoms. The van der Waals surface area contributed by atoms with Crippen molar-refractivity contribution in [2.45, 2.75) is 33.2 Å². The number of hydrogen-bond donors (Lipinski definition) is 2. The highest BCUT2D eigenvalue weighted by Gasteiger charge is 2.30. The van der Waals surface area contributed by atoms with Gasteiger partial charge in [-0.15, -0.1) is 0 Å². The molecule has 0 radical (unpaired) electrons. The molecule has 1 aliphatic rings. The van der Waals surface area contributed by atoms with E-state index in [0.717, 1.165) is 15.8 Å². The third-order valence-corrected chi connectivity index (χ3v) is 3.51. The average Bonchev–Trinajstić information content (AvgIpc) is 2.35. The number of fused-ring (bicyclic) bond motifs is 1. The van der Waals surface area contributed by atoms with Gasteiger partial charge in [0.2, 0.25) is 5.91 Å². The van der Waals surface area contributed by atoms with Crippen LogP contribution in [0.25, 0.3) is 0 Å². The van der Waals surface area contributed by atoms with Gasteiger partial charge in [0.05, 0.1) is 11.4 Å². The van der Waals surface area contributed by atoms with E-state index >= 15 is 0 Å². The number of carbonyl (C=O) groups excluding carboxylic acids is 1. The number of halogens is 1. The van der Waals surface area contributed by atoms with Crippen molar-refractivity contribution in [3.63, 3.8) is 0 Å². The second-order valence-electron chi connectivity index (χ2n) is 5.51. The molecule has 0 saturated carbocycles. The van der Waals surface area contributed by atoms with Gasteiger partial charge in [-0.25, -0.2) is 0 Å². The first kappa shape index (κ1) is 12.4. The Hall–Kier alpha value is -1.03. The van der Waals surface area contributed by atoms with Gasteiger partial charge in [0.25, 0.3) is 0 Å². The summed E-state index contributed by atoms with van der Waals surface area (Å²) in [6, 6.07) is 5.98. The quantitative estimate of drug-likeness (QED) is 0.768. The molecule has 0 bridgehead atoms. The van der Waals surface area contributed by atoms with E-state index in [-0.39, 0.29) is 17.4 Å². The molecule has 0 aromatic heterocycles. The van der Waals surface area contributed by atoms with E-state index in [2.05, 4.69) is 47.3 Å². The molecule has 0 saturated heterocycles. The highest BCUT2D eigenvalue weighted by atomic mass is 79.9. The maximum absolute atomic E-state index is 11.8. The second-order valence-corrected chi connectivity index (χ2v) is 6.42. The molecule has 0 fully saturated rings. The Labute approximate surface area is 110 Å². The Morgan fingerprint density at radius 1 is 1.29 bits per heavy atom. The average molecular weight is 297 g/mol. The summed E-state index contributed by atoms with van der Waals surface area (Å²) in [5.41, 5.74) is 1.87. The van der Waals surface area contributed by atoms with E-state index in [1.165, 1.54) is 0 Å². The maximum atomic E-state index is 11.8. The number of amides is 1. The Morgan fingerprint density at radius 2 is 2.00 bits per heavy atom. The van der Waals surface area contributed by atoms with Gasteiger partial charge in [-0.05, 0) is 23.6 Å². The molecule has 0 aliphatic carbocycles. The molecule has 2 N–H and O–H groups in total. The van der Waals surface area contributed by atoms with Crippen LogP contribution in [0.4, 0.5) is 11.4 Å². The molecular weight excluding hydrogens is 280 g/mol. The normalized spacial score (nSPS) is 20.0. The van der Waals surface area contributed by atoms with Crippen LogP contribution in [-0.2, 0) is 4.79 Å². The smallest absolute Gasteiger partial charge is 0.226 e. The molecule has 1 unspecified atom stereocenters. The summed E-state index contributed by atoms with van der Waals surface area (Å²) in [6.45, 7) is 6.42. The fourth-order valence-corrected chi connectivity index (χ4v) is 2.25. The molecule has 1 atom stereocenters. The molecule has 1 aliphatic heterocycles. The number of anilines is 2. The van der Waals surface area contributed by atoms with Crippen LogP contribution in [0.5, 0.6) is 0 Å². The fraction of sp³-hybridized carbons (Fsp3) is 0.462. The lowest BCUT2D eigenvalue weighted by Crippen LogP contribution is -2.35. The molecule has 3 nitrogen and oxygen atoms in total. The van der Waals surface area contributed by atoms with E-state index in [0.29, 0.717) is 6.42 Å². The molecule has 1 amide bonds. The van der Waals surface area contributed by atoms with Gasteiger partial charge < -0.3 is 10.6 Å². The number of nitrogens with one attached hydrogen (secondary N) is 2. The van der Waals surface area contributed by atoms with Crippen LogP contribution in [0.15, 0.2) is 22.7 Å². The highest BCUT2D eigenvalue weighted by Crippen LogP contribution is 2.34. The van der Waals surface area contributed by atoms with Crippen LogP contribution in [0.2, 0.25) is 0 Å². The Morgan fingerprint density at radius 3 is 2.65 bits per heavy atom. The summed E-state index contributed by atoms with van der Waals surface area (Å²) in [5.74, 6) is 0.0681. The standard InChI is InChI=1S/C13H17BrN2O/c1-13(2,3)11-7-12(17)16-9-5-4-8(14)6-10(9)15-11/h4-6,11,15H,7H2,1-3H3,(H,16,17). The number of rotatable bonds is 0. The van der Waals surface area contributed by atoms with E-state index in [4.69, 9.17) is 0 Å². The lowest BCUT2D eigenvalue weighted by atomic mass is 9.84. The zero-order valence-corrected chi connectivity index (χ0v) is 11.9. The lowest BCUT2D eigenvalue weighted by Gasteiger charge is -2.30. The van der Waals surface area contributed by atoms with Crippen molar-refractivity contribution in [1.82, 2.24) is 0 Å². The van der Waals surface area contributed by atoms with Crippen LogP contribution >= 0.6 is 15.9 Å². The minimum absolute atomic E-state index is 0.0429. The van der Waals surface area contributed by atoms with Crippen molar-refractivity contribution in [2.75, 3.05) is 10.6 Å². The van der Waals surface area contributed by atoms with Crippen LogP contribution < -0.4 is 10.6 Å². The number of carbonyl (C=O) groups is 1. The fourth-order valence-electron chi connectivity index (χ4n) is 1.89. The molecular formula is C13H17BrN2O. The second kappa shape index (κ2) is 4.33. The summed E-state index contributed by atoms with van der Waals surface area (Å²) >= 11 is 3.45. The van der Waals surface area contributed by atoms with Crippen molar-refractivity contribution in [2.24, 2.45) is 5.41 Å². The number of benzene rings is 1. The van der Waals surface area contributed by atoms with Gasteiger partial charge in [0.1, 0.15) is 0 Å². The molecule has 4 heteroatoms. The monoisotopic (exact) mass is 296 g/mol. The summed E-state index contributed by atoms with van der Waals surface area (Å²) in [7, 11) is 0. The molecule has 1 heterocycles. The lowest BCUT2D eigenvalue weighted by molar-refractivity contribution is -0.116. The summed E-state index contributed by atoms with van der Waals surface area (Å²) in [4.78, 5) is 11.8. The Bertz CT molecular complexity index is 451. The zero-order chi connectivity index (χ0) is 12.6. The van der Waals surface area contributed by atoms with Gasteiger partial charge in [0.15, 0.2) is 0 Å². The minimum Gasteiger partial charge on any atom is -0.380 e. The van der Waals surface area contributed by atoms with E-state index in [1.807, 2.05) is 18.2 Å². The highest BCUT2D eigenvalue weighted by molar-refractivity contribution is 9.10. The largest absolute Gasteiger partial charge is 0.380 e. The van der Waals surface area contributed by atoms with Gasteiger partial charge in [0, 0.05) is 16.9 Å². The molecule has 0 spiro atoms. The number of hydrogen-bond acceptors (Lipinski definition) is 2. The Kier molecular flexibility index (Phi) is 3.17. The van der Waals surface area contributed by atoms with E-state index < -0.39 is 0 Å². The van der Waals surface area contributed by atoms with Crippen LogP contribution in [-0.4, -0.2) is 11.9 Å². The summed E-state index contributed by atoms with van der Waals surface area (Å²) in [6.07, 6.45) is 0.496. The van der Waals surface area contributed by atoms with Crippen LogP contribution in [0, 0.1) is 5.41 Å². The van der Waals surface area contributed by atoms with Crippen molar-refractivity contribution in [3.8, 4) is 0 Å². The van der Waals surface area contributed by atoms with Crippen molar-refractivity contribution in [1.29, 1.82) is 0 Å². The van der Waals surface area contributed by atoms with Crippen molar-refractivity contribution in [3.05, 3.63) is 22.7 Å². The minimum atomic E-state index is 0.0429. The van der Waals surface area contributed by atoms with Crippen LogP contribution in [0.3, 0.4) is 0 Å². The SMILES string of the molecule is CC(C)(C)C1CC(=O)Nc2ccc(Br)cc2N1. The van der Waals surface area contributed by atoms with Gasteiger partial charge in [-0.1, -0.05) is 36.7 Å². The van der Waals surface area contributed by atoms with E-state index in [9.17, 15) is 4.79 Å². The predicted octanol–water partition coefficient (Wildman–Crippen LogP) is 3.62. The van der Waals surface area contributed by atoms with Crippen LogP contribution in [0.1, 0.15) is 27.2 Å². The topological polar surface area (TPSA) is 41.1 Å². The first-order chi connectivity index (χ1) is 7.86. The summed E-state index contributed by atoms with van der Waals surface area (Å²) < 4.78 is 1.01. The van der Waals surface area contributed by atoms with Gasteiger partial charge >= 0.3 is 0 Å².